The van der Waals surface area contributed by atoms with Crippen LogP contribution in [0.25, 0.3) is 10.9 Å². The highest BCUT2D eigenvalue weighted by Crippen LogP contribution is 2.21. The molecule has 1 atom stereocenters. The van der Waals surface area contributed by atoms with Crippen LogP contribution in [0.5, 0.6) is 0 Å². The minimum Gasteiger partial charge on any atom is -0.368 e. The summed E-state index contributed by atoms with van der Waals surface area (Å²) >= 11 is 1.93. The van der Waals surface area contributed by atoms with Crippen molar-refractivity contribution >= 4 is 34.2 Å². The molecule has 0 aliphatic carbocycles. The van der Waals surface area contributed by atoms with Gasteiger partial charge in [-0.2, -0.15) is 11.8 Å². The Bertz CT molecular complexity index is 633. The standard InChI is InChI=1S/C15H19N3O2S/c1-3-21-9-8-11(2)16-15-7-4-12-10-13(18(19)20)5-6-14(12)17-15/h4-7,10-11H,3,8-9H2,1-2H3,(H,16,17). The maximum atomic E-state index is 10.8. The number of nitrogens with one attached hydrogen (secondary N) is 1. The predicted octanol–water partition coefficient (Wildman–Crippen LogP) is 4.09. The third-order valence-electron chi connectivity index (χ3n) is 3.18. The van der Waals surface area contributed by atoms with E-state index in [1.54, 1.807) is 12.1 Å². The van der Waals surface area contributed by atoms with Gasteiger partial charge >= 0.3 is 0 Å². The van der Waals surface area contributed by atoms with E-state index >= 15 is 0 Å². The summed E-state index contributed by atoms with van der Waals surface area (Å²) in [6.45, 7) is 4.30. The van der Waals surface area contributed by atoms with Gasteiger partial charge in [-0.05, 0) is 43.0 Å². The highest BCUT2D eigenvalue weighted by Gasteiger charge is 2.08. The molecule has 0 spiro atoms. The Balaban J connectivity index is 2.08. The second kappa shape index (κ2) is 7.26. The summed E-state index contributed by atoms with van der Waals surface area (Å²) in [5, 5.41) is 14.9. The molecule has 6 heteroatoms. The van der Waals surface area contributed by atoms with Crippen LogP contribution < -0.4 is 5.32 Å². The van der Waals surface area contributed by atoms with Gasteiger partial charge in [0.05, 0.1) is 10.4 Å². The van der Waals surface area contributed by atoms with E-state index in [1.165, 1.54) is 6.07 Å². The summed E-state index contributed by atoms with van der Waals surface area (Å²) in [5.41, 5.74) is 0.857. The summed E-state index contributed by atoms with van der Waals surface area (Å²) in [4.78, 5) is 14.9. The molecule has 1 heterocycles. The number of anilines is 1. The van der Waals surface area contributed by atoms with Gasteiger partial charge in [-0.1, -0.05) is 6.92 Å². The average Bonchev–Trinajstić information content (AvgIpc) is 2.46. The molecule has 0 radical (unpaired) electrons. The topological polar surface area (TPSA) is 68.1 Å². The van der Waals surface area contributed by atoms with E-state index in [0.29, 0.717) is 6.04 Å². The van der Waals surface area contributed by atoms with Crippen LogP contribution in [0.15, 0.2) is 30.3 Å². The number of nitro groups is 1. The molecule has 0 aliphatic rings. The molecule has 1 aromatic carbocycles. The molecule has 0 saturated heterocycles. The molecule has 0 aliphatic heterocycles. The molecule has 0 fully saturated rings. The second-order valence-corrected chi connectivity index (χ2v) is 6.26. The van der Waals surface area contributed by atoms with Crippen LogP contribution in [0, 0.1) is 10.1 Å². The van der Waals surface area contributed by atoms with E-state index in [-0.39, 0.29) is 10.6 Å². The largest absolute Gasteiger partial charge is 0.368 e. The Kier molecular flexibility index (Phi) is 5.38. The molecule has 0 bridgehead atoms. The first-order chi connectivity index (χ1) is 10.1. The van der Waals surface area contributed by atoms with Crippen LogP contribution in [0.1, 0.15) is 20.3 Å². The summed E-state index contributed by atoms with van der Waals surface area (Å²) in [5.74, 6) is 3.08. The first kappa shape index (κ1) is 15.6. The maximum absolute atomic E-state index is 10.8. The molecule has 1 N–H and O–H groups in total. The molecule has 5 nitrogen and oxygen atoms in total. The fourth-order valence-electron chi connectivity index (χ4n) is 2.04. The van der Waals surface area contributed by atoms with Crippen molar-refractivity contribution in [3.05, 3.63) is 40.4 Å². The minimum atomic E-state index is -0.390. The zero-order chi connectivity index (χ0) is 15.2. The lowest BCUT2D eigenvalue weighted by molar-refractivity contribution is -0.384. The number of pyridine rings is 1. The van der Waals surface area contributed by atoms with Gasteiger partial charge in [-0.25, -0.2) is 4.98 Å². The molecule has 0 saturated carbocycles. The molecule has 1 unspecified atom stereocenters. The number of thioether (sulfide) groups is 1. The Morgan fingerprint density at radius 1 is 1.38 bits per heavy atom. The van der Waals surface area contributed by atoms with Crippen LogP contribution in [0.2, 0.25) is 0 Å². The van der Waals surface area contributed by atoms with Gasteiger partial charge in [-0.3, -0.25) is 10.1 Å². The van der Waals surface area contributed by atoms with Crippen LogP contribution in [-0.4, -0.2) is 27.5 Å². The first-order valence-electron chi connectivity index (χ1n) is 6.99. The molecule has 2 rings (SSSR count). The average molecular weight is 305 g/mol. The summed E-state index contributed by atoms with van der Waals surface area (Å²) < 4.78 is 0. The lowest BCUT2D eigenvalue weighted by atomic mass is 10.2. The van der Waals surface area contributed by atoms with Crippen molar-refractivity contribution in [2.24, 2.45) is 0 Å². The lowest BCUT2D eigenvalue weighted by Gasteiger charge is -2.14. The van der Waals surface area contributed by atoms with Crippen molar-refractivity contribution in [3.63, 3.8) is 0 Å². The Labute approximate surface area is 128 Å². The van der Waals surface area contributed by atoms with E-state index in [0.717, 1.165) is 34.6 Å². The van der Waals surface area contributed by atoms with Gasteiger partial charge in [0.15, 0.2) is 0 Å². The predicted molar refractivity (Wildman–Crippen MR) is 89.1 cm³/mol. The number of fused-ring (bicyclic) bond motifs is 1. The fraction of sp³-hybridized carbons (Fsp3) is 0.400. The van der Waals surface area contributed by atoms with E-state index in [2.05, 4.69) is 24.1 Å². The van der Waals surface area contributed by atoms with Crippen molar-refractivity contribution in [1.29, 1.82) is 0 Å². The summed E-state index contributed by atoms with van der Waals surface area (Å²) in [6.07, 6.45) is 1.08. The van der Waals surface area contributed by atoms with Crippen molar-refractivity contribution in [1.82, 2.24) is 4.98 Å². The van der Waals surface area contributed by atoms with Crippen molar-refractivity contribution in [2.45, 2.75) is 26.3 Å². The second-order valence-electron chi connectivity index (χ2n) is 4.86. The molecule has 21 heavy (non-hydrogen) atoms. The fourth-order valence-corrected chi connectivity index (χ4v) is 2.84. The number of aromatic nitrogens is 1. The zero-order valence-electron chi connectivity index (χ0n) is 12.2. The van der Waals surface area contributed by atoms with Crippen LogP contribution in [0.4, 0.5) is 11.5 Å². The van der Waals surface area contributed by atoms with Crippen molar-refractivity contribution < 1.29 is 4.92 Å². The summed E-state index contributed by atoms with van der Waals surface area (Å²) in [7, 11) is 0. The van der Waals surface area contributed by atoms with Crippen LogP contribution >= 0.6 is 11.8 Å². The van der Waals surface area contributed by atoms with Crippen molar-refractivity contribution in [3.8, 4) is 0 Å². The molecule has 2 aromatic rings. The number of non-ortho nitro benzene ring substituents is 1. The number of nitrogens with zero attached hydrogens (tertiary/aromatic N) is 2. The van der Waals surface area contributed by atoms with E-state index < -0.39 is 0 Å². The lowest BCUT2D eigenvalue weighted by Crippen LogP contribution is -2.16. The number of benzene rings is 1. The van der Waals surface area contributed by atoms with E-state index in [4.69, 9.17) is 0 Å². The van der Waals surface area contributed by atoms with Crippen LogP contribution in [-0.2, 0) is 0 Å². The molecule has 0 amide bonds. The van der Waals surface area contributed by atoms with Gasteiger partial charge < -0.3 is 5.32 Å². The number of hydrogen-bond acceptors (Lipinski definition) is 5. The normalized spacial score (nSPS) is 12.3. The van der Waals surface area contributed by atoms with Crippen molar-refractivity contribution in [2.75, 3.05) is 16.8 Å². The van der Waals surface area contributed by atoms with Gasteiger partial charge in [0.2, 0.25) is 0 Å². The van der Waals surface area contributed by atoms with Gasteiger partial charge in [0.1, 0.15) is 5.82 Å². The Morgan fingerprint density at radius 3 is 2.90 bits per heavy atom. The van der Waals surface area contributed by atoms with E-state index in [1.807, 2.05) is 23.9 Å². The van der Waals surface area contributed by atoms with E-state index in [9.17, 15) is 10.1 Å². The molecule has 1 aromatic heterocycles. The maximum Gasteiger partial charge on any atom is 0.270 e. The monoisotopic (exact) mass is 305 g/mol. The third-order valence-corrected chi connectivity index (χ3v) is 4.11. The highest BCUT2D eigenvalue weighted by atomic mass is 32.2. The Hall–Kier alpha value is -1.82. The number of nitro benzene ring substituents is 1. The van der Waals surface area contributed by atoms with Crippen LogP contribution in [0.3, 0.4) is 0 Å². The first-order valence-corrected chi connectivity index (χ1v) is 8.15. The Morgan fingerprint density at radius 2 is 2.19 bits per heavy atom. The number of hydrogen-bond donors (Lipinski definition) is 1. The number of rotatable bonds is 7. The summed E-state index contributed by atoms with van der Waals surface area (Å²) in [6, 6.07) is 8.82. The zero-order valence-corrected chi connectivity index (χ0v) is 13.0. The molecule has 112 valence electrons. The highest BCUT2D eigenvalue weighted by molar-refractivity contribution is 7.99. The molecular formula is C15H19N3O2S. The quantitative estimate of drug-likeness (QED) is 0.474. The van der Waals surface area contributed by atoms with Gasteiger partial charge in [-0.15, -0.1) is 0 Å². The molecular weight excluding hydrogens is 286 g/mol. The SMILES string of the molecule is CCSCCC(C)Nc1ccc2cc([N+](=O)[O-])ccc2n1. The van der Waals surface area contributed by atoms with Gasteiger partial charge in [0, 0.05) is 23.6 Å². The van der Waals surface area contributed by atoms with Gasteiger partial charge in [0.25, 0.3) is 5.69 Å². The minimum absolute atomic E-state index is 0.0926. The third kappa shape index (κ3) is 4.32. The smallest absolute Gasteiger partial charge is 0.270 e.